The van der Waals surface area contributed by atoms with Crippen LogP contribution in [0.1, 0.15) is 23.6 Å². The van der Waals surface area contributed by atoms with Gasteiger partial charge in [0.2, 0.25) is 0 Å². The molecule has 1 aromatic carbocycles. The van der Waals surface area contributed by atoms with E-state index in [1.165, 1.54) is 19.2 Å². The molecule has 0 radical (unpaired) electrons. The van der Waals surface area contributed by atoms with Crippen LogP contribution in [0.5, 0.6) is 0 Å². The molecule has 1 aliphatic heterocycles. The molecule has 1 unspecified atom stereocenters. The summed E-state index contributed by atoms with van der Waals surface area (Å²) in [5.41, 5.74) is 0.237. The number of aliphatic carboxylic acids is 2. The maximum atomic E-state index is 11.6. The summed E-state index contributed by atoms with van der Waals surface area (Å²) >= 11 is 0. The number of ether oxygens (including phenoxy) is 1. The lowest BCUT2D eigenvalue weighted by Gasteiger charge is -2.25. The van der Waals surface area contributed by atoms with Gasteiger partial charge in [-0.3, -0.25) is 15.0 Å². The molecule has 1 atom stereocenters. The average Bonchev–Trinajstić information content (AvgIpc) is 2.90. The van der Waals surface area contributed by atoms with Crippen LogP contribution >= 0.6 is 0 Å². The molecule has 0 saturated heterocycles. The number of hydrogen-bond donors (Lipinski definition) is 2. The van der Waals surface area contributed by atoms with Gasteiger partial charge in [0.1, 0.15) is 0 Å². The van der Waals surface area contributed by atoms with Crippen molar-refractivity contribution in [2.45, 2.75) is 19.0 Å². The van der Waals surface area contributed by atoms with Crippen molar-refractivity contribution in [1.29, 1.82) is 0 Å². The first-order chi connectivity index (χ1) is 11.9. The zero-order valence-electron chi connectivity index (χ0n) is 13.5. The molecule has 1 aliphatic rings. The van der Waals surface area contributed by atoms with Crippen LogP contribution < -0.4 is 0 Å². The Labute approximate surface area is 143 Å². The second kappa shape index (κ2) is 7.86. The Morgan fingerprint density at radius 2 is 2.16 bits per heavy atom. The molecule has 0 spiro atoms. The molecule has 9 heteroatoms. The summed E-state index contributed by atoms with van der Waals surface area (Å²) in [6, 6.07) is 3.52. The molecule has 1 aromatic rings. The van der Waals surface area contributed by atoms with E-state index < -0.39 is 28.5 Å². The normalized spacial score (nSPS) is 17.3. The number of nitrogens with zero attached hydrogens (tertiary/aromatic N) is 2. The van der Waals surface area contributed by atoms with Crippen molar-refractivity contribution in [3.8, 4) is 0 Å². The lowest BCUT2D eigenvalue weighted by molar-refractivity contribution is -0.385. The van der Waals surface area contributed by atoms with Gasteiger partial charge < -0.3 is 14.9 Å². The van der Waals surface area contributed by atoms with Gasteiger partial charge in [0.25, 0.3) is 5.69 Å². The number of nitro benzene ring substituents is 1. The topological polar surface area (TPSA) is 130 Å². The molecular weight excluding hydrogens is 332 g/mol. The van der Waals surface area contributed by atoms with Gasteiger partial charge in [-0.1, -0.05) is 12.1 Å². The van der Waals surface area contributed by atoms with E-state index >= 15 is 0 Å². The molecule has 2 rings (SSSR count). The number of methoxy groups -OCH3 is 1. The van der Waals surface area contributed by atoms with Crippen molar-refractivity contribution in [3.05, 3.63) is 51.1 Å². The van der Waals surface area contributed by atoms with Crippen LogP contribution in [-0.4, -0.2) is 52.2 Å². The molecular formula is C16H18N2O7. The minimum Gasteiger partial charge on any atom is -0.478 e. The third kappa shape index (κ3) is 4.01. The summed E-state index contributed by atoms with van der Waals surface area (Å²) in [5.74, 6) is -2.84. The Morgan fingerprint density at radius 3 is 2.72 bits per heavy atom. The van der Waals surface area contributed by atoms with Crippen LogP contribution in [0.3, 0.4) is 0 Å². The van der Waals surface area contributed by atoms with Gasteiger partial charge in [-0.25, -0.2) is 9.59 Å². The van der Waals surface area contributed by atoms with E-state index in [1.807, 2.05) is 0 Å². The molecule has 0 saturated carbocycles. The Kier molecular flexibility index (Phi) is 5.84. The SMILES string of the molecule is COCCCN1Cc2cccc([N+](=O)[O-])c2C1C(=CC(=O)O)C(=O)O. The molecule has 1 heterocycles. The number of carbonyl (C=O) groups is 2. The molecule has 0 amide bonds. The third-order valence-corrected chi connectivity index (χ3v) is 4.00. The second-order valence-electron chi connectivity index (χ2n) is 5.57. The predicted octanol–water partition coefficient (Wildman–Crippen LogP) is 1.58. The fraction of sp³-hybridized carbons (Fsp3) is 0.375. The third-order valence-electron chi connectivity index (χ3n) is 4.00. The van der Waals surface area contributed by atoms with E-state index in [-0.39, 0.29) is 11.3 Å². The highest BCUT2D eigenvalue weighted by atomic mass is 16.6. The fourth-order valence-electron chi connectivity index (χ4n) is 3.07. The summed E-state index contributed by atoms with van der Waals surface area (Å²) in [6.45, 7) is 1.15. The Balaban J connectivity index is 2.55. The van der Waals surface area contributed by atoms with E-state index in [0.29, 0.717) is 37.8 Å². The van der Waals surface area contributed by atoms with Gasteiger partial charge in [-0.05, 0) is 12.0 Å². The minimum absolute atomic E-state index is 0.214. The Hall–Kier alpha value is -2.78. The first-order valence-corrected chi connectivity index (χ1v) is 7.53. The number of fused-ring (bicyclic) bond motifs is 1. The van der Waals surface area contributed by atoms with Crippen molar-refractivity contribution in [2.75, 3.05) is 20.3 Å². The number of hydrogen-bond acceptors (Lipinski definition) is 6. The van der Waals surface area contributed by atoms with Crippen molar-refractivity contribution < 1.29 is 29.5 Å². The van der Waals surface area contributed by atoms with E-state index in [0.717, 1.165) is 0 Å². The summed E-state index contributed by atoms with van der Waals surface area (Å²) in [7, 11) is 1.54. The Morgan fingerprint density at radius 1 is 1.44 bits per heavy atom. The van der Waals surface area contributed by atoms with Gasteiger partial charge in [0, 0.05) is 38.9 Å². The van der Waals surface area contributed by atoms with E-state index in [4.69, 9.17) is 9.84 Å². The van der Waals surface area contributed by atoms with Crippen LogP contribution in [0.4, 0.5) is 5.69 Å². The predicted molar refractivity (Wildman–Crippen MR) is 86.1 cm³/mol. The number of carboxylic acid groups (broad SMARTS) is 2. The highest BCUT2D eigenvalue weighted by molar-refractivity contribution is 5.96. The fourth-order valence-corrected chi connectivity index (χ4v) is 3.07. The number of nitro groups is 1. The summed E-state index contributed by atoms with van der Waals surface area (Å²) in [6.07, 6.45) is 1.18. The summed E-state index contributed by atoms with van der Waals surface area (Å²) in [4.78, 5) is 35.2. The molecule has 9 nitrogen and oxygen atoms in total. The quantitative estimate of drug-likeness (QED) is 0.313. The summed E-state index contributed by atoms with van der Waals surface area (Å²) in [5, 5.41) is 29.9. The smallest absolute Gasteiger partial charge is 0.333 e. The lowest BCUT2D eigenvalue weighted by atomic mass is 9.95. The van der Waals surface area contributed by atoms with Crippen molar-refractivity contribution >= 4 is 17.6 Å². The highest BCUT2D eigenvalue weighted by Gasteiger charge is 2.40. The molecule has 0 bridgehead atoms. The number of benzene rings is 1. The van der Waals surface area contributed by atoms with Gasteiger partial charge in [0.05, 0.1) is 22.1 Å². The van der Waals surface area contributed by atoms with Gasteiger partial charge >= 0.3 is 11.9 Å². The molecule has 134 valence electrons. The summed E-state index contributed by atoms with van der Waals surface area (Å²) < 4.78 is 4.99. The van der Waals surface area contributed by atoms with Gasteiger partial charge in [-0.2, -0.15) is 0 Å². The molecule has 0 fully saturated rings. The average molecular weight is 350 g/mol. The number of carboxylic acids is 2. The van der Waals surface area contributed by atoms with Crippen LogP contribution in [-0.2, 0) is 20.9 Å². The van der Waals surface area contributed by atoms with Crippen molar-refractivity contribution in [2.24, 2.45) is 0 Å². The molecule has 25 heavy (non-hydrogen) atoms. The zero-order valence-corrected chi connectivity index (χ0v) is 13.5. The van der Waals surface area contributed by atoms with Crippen molar-refractivity contribution in [1.82, 2.24) is 4.90 Å². The van der Waals surface area contributed by atoms with Crippen LogP contribution in [0.2, 0.25) is 0 Å². The van der Waals surface area contributed by atoms with E-state index in [9.17, 15) is 24.8 Å². The minimum atomic E-state index is -1.42. The maximum Gasteiger partial charge on any atom is 0.333 e. The first kappa shape index (κ1) is 18.6. The molecule has 2 N–H and O–H groups in total. The standard InChI is InChI=1S/C16H18N2O7/c1-25-7-3-6-17-9-10-4-2-5-12(18(23)24)14(10)15(17)11(16(21)22)8-13(19)20/h2,4-5,8,15H,3,6-7,9H2,1H3,(H,19,20)(H,21,22). The lowest BCUT2D eigenvalue weighted by Crippen LogP contribution is -2.28. The first-order valence-electron chi connectivity index (χ1n) is 7.53. The molecule has 0 aromatic heterocycles. The number of rotatable bonds is 8. The van der Waals surface area contributed by atoms with Gasteiger partial charge in [-0.15, -0.1) is 0 Å². The van der Waals surface area contributed by atoms with Crippen molar-refractivity contribution in [3.63, 3.8) is 0 Å². The zero-order chi connectivity index (χ0) is 18.6. The van der Waals surface area contributed by atoms with Crippen LogP contribution in [0.15, 0.2) is 29.8 Å². The second-order valence-corrected chi connectivity index (χ2v) is 5.57. The van der Waals surface area contributed by atoms with Crippen LogP contribution in [0, 0.1) is 10.1 Å². The van der Waals surface area contributed by atoms with Crippen LogP contribution in [0.25, 0.3) is 0 Å². The Bertz CT molecular complexity index is 729. The molecule has 0 aliphatic carbocycles. The maximum absolute atomic E-state index is 11.6. The van der Waals surface area contributed by atoms with E-state index in [1.54, 1.807) is 11.0 Å². The largest absolute Gasteiger partial charge is 0.478 e. The highest BCUT2D eigenvalue weighted by Crippen LogP contribution is 2.43. The van der Waals surface area contributed by atoms with E-state index in [2.05, 4.69) is 0 Å². The van der Waals surface area contributed by atoms with Gasteiger partial charge in [0.15, 0.2) is 0 Å². The monoisotopic (exact) mass is 350 g/mol.